The number of hydrogen-bond acceptors (Lipinski definition) is 10. The lowest BCUT2D eigenvalue weighted by Crippen LogP contribution is -2.33. The van der Waals surface area contributed by atoms with E-state index < -0.39 is 45.6 Å². The number of anilines is 2. The van der Waals surface area contributed by atoms with Gasteiger partial charge in [-0.2, -0.15) is 0 Å². The number of fused-ring (bicyclic) bond motifs is 2. The molecule has 2 N–H and O–H groups in total. The third kappa shape index (κ3) is 5.72. The van der Waals surface area contributed by atoms with Crippen LogP contribution in [0.3, 0.4) is 0 Å². The van der Waals surface area contributed by atoms with Crippen LogP contribution < -0.4 is 19.8 Å². The number of phenols is 1. The van der Waals surface area contributed by atoms with Crippen LogP contribution in [0, 0.1) is 5.92 Å². The number of nitrogens with zero attached hydrogens (tertiary/aromatic N) is 2. The highest BCUT2D eigenvalue weighted by atomic mass is 79.9. The summed E-state index contributed by atoms with van der Waals surface area (Å²) in [6.07, 6.45) is 0. The summed E-state index contributed by atoms with van der Waals surface area (Å²) < 4.78 is 12.4. The highest BCUT2D eigenvalue weighted by Gasteiger charge is 2.57. The molecule has 1 saturated heterocycles. The van der Waals surface area contributed by atoms with E-state index in [0.717, 1.165) is 27.6 Å². The highest BCUT2D eigenvalue weighted by Crippen LogP contribution is 2.54. The van der Waals surface area contributed by atoms with Crippen LogP contribution in [0.15, 0.2) is 81.0 Å². The second kappa shape index (κ2) is 12.8. The maximum Gasteiger partial charge on any atom is 0.338 e. The molecule has 0 radical (unpaired) electrons. The van der Waals surface area contributed by atoms with Gasteiger partial charge in [0.2, 0.25) is 17.7 Å². The summed E-state index contributed by atoms with van der Waals surface area (Å²) in [6, 6.07) is 17.7. The van der Waals surface area contributed by atoms with Gasteiger partial charge < -0.3 is 19.9 Å². The Balaban J connectivity index is 1.36. The molecule has 0 bridgehead atoms. The molecule has 2 aliphatic heterocycles. The maximum absolute atomic E-state index is 14.1. The first-order valence-electron chi connectivity index (χ1n) is 14.1. The van der Waals surface area contributed by atoms with Crippen LogP contribution in [-0.2, 0) is 25.7 Å². The Hall–Kier alpha value is -4.40. The minimum atomic E-state index is -0.882. The molecule has 11 nitrogen and oxygen atoms in total. The number of carbonyl (C=O) groups excluding carboxylic acids is 4. The van der Waals surface area contributed by atoms with Gasteiger partial charge in [0.05, 0.1) is 35.9 Å². The van der Waals surface area contributed by atoms with Gasteiger partial charge in [-0.3, -0.25) is 23.7 Å². The summed E-state index contributed by atoms with van der Waals surface area (Å²) in [5.41, 5.74) is 1.74. The number of thiazole rings is 1. The summed E-state index contributed by atoms with van der Waals surface area (Å²) in [7, 11) is 1.40. The third-order valence-electron chi connectivity index (χ3n) is 7.68. The van der Waals surface area contributed by atoms with Crippen molar-refractivity contribution in [2.45, 2.75) is 29.7 Å². The second-order valence-corrected chi connectivity index (χ2v) is 13.5. The molecule has 3 heterocycles. The summed E-state index contributed by atoms with van der Waals surface area (Å²) in [6.45, 7) is 1.59. The Morgan fingerprint density at radius 3 is 2.39 bits per heavy atom. The number of methoxy groups -OCH3 is 1. The Kier molecular flexibility index (Phi) is 8.77. The number of phenolic OH excluding ortho intramolecular Hbond substituents is 1. The average molecular weight is 725 g/mol. The van der Waals surface area contributed by atoms with Crippen LogP contribution >= 0.6 is 39.0 Å². The Morgan fingerprint density at radius 2 is 1.72 bits per heavy atom. The Morgan fingerprint density at radius 1 is 1.00 bits per heavy atom. The van der Waals surface area contributed by atoms with E-state index in [2.05, 4.69) is 21.2 Å². The van der Waals surface area contributed by atoms with Crippen LogP contribution in [0.5, 0.6) is 11.5 Å². The molecule has 4 aromatic rings. The molecular formula is C32H26BrN3O8S2. The zero-order valence-corrected chi connectivity index (χ0v) is 27.6. The van der Waals surface area contributed by atoms with Crippen LogP contribution in [0.2, 0.25) is 0 Å². The zero-order chi connectivity index (χ0) is 32.7. The number of ether oxygens (including phenoxy) is 2. The van der Waals surface area contributed by atoms with Crippen LogP contribution in [0.4, 0.5) is 11.4 Å². The normalized spacial score (nSPS) is 18.6. The highest BCUT2D eigenvalue weighted by molar-refractivity contribution is 9.10. The van der Waals surface area contributed by atoms with Gasteiger partial charge >= 0.3 is 10.8 Å². The number of halogens is 1. The van der Waals surface area contributed by atoms with E-state index in [1.165, 1.54) is 34.8 Å². The van der Waals surface area contributed by atoms with Gasteiger partial charge in [-0.05, 0) is 73.2 Å². The lowest BCUT2D eigenvalue weighted by Gasteiger charge is -2.31. The smallest absolute Gasteiger partial charge is 0.338 e. The van der Waals surface area contributed by atoms with Gasteiger partial charge in [0.1, 0.15) is 11.8 Å². The standard InChI is InChI=1S/C32H26BrN3O8S2/c1-3-44-31(41)16-4-9-19(10-5-16)34-23(38)15-35-30-27(46-32(35)42)24(17-6-13-21(37)22(14-17)43-2)25-26(45-30)29(40)36(28(25)39)20-11-7-18(33)8-12-20/h4-14,24-26,37H,3,15H2,1-2H3,(H,34,38)/t24-,25?,26?/m0/s1. The lowest BCUT2D eigenvalue weighted by atomic mass is 9.83. The van der Waals surface area contributed by atoms with Crippen molar-refractivity contribution in [3.63, 3.8) is 0 Å². The van der Waals surface area contributed by atoms with Gasteiger partial charge in [-0.1, -0.05) is 45.1 Å². The molecule has 46 heavy (non-hydrogen) atoms. The minimum absolute atomic E-state index is 0.101. The number of carbonyl (C=O) groups is 4. The van der Waals surface area contributed by atoms with Gasteiger partial charge in [-0.25, -0.2) is 9.69 Å². The first-order chi connectivity index (χ1) is 22.1. The Labute approximate surface area is 279 Å². The van der Waals surface area contributed by atoms with Crippen molar-refractivity contribution >= 4 is 74.1 Å². The maximum atomic E-state index is 14.1. The number of aromatic nitrogens is 1. The molecular weight excluding hydrogens is 698 g/mol. The molecule has 2 unspecified atom stereocenters. The number of amides is 3. The molecule has 0 aliphatic carbocycles. The number of esters is 1. The van der Waals surface area contributed by atoms with Gasteiger partial charge in [0, 0.05) is 21.0 Å². The fraction of sp³-hybridized carbons (Fsp3) is 0.219. The number of hydrogen-bond donors (Lipinski definition) is 2. The van der Waals surface area contributed by atoms with Gasteiger partial charge in [0.15, 0.2) is 11.5 Å². The number of benzene rings is 3. The number of aromatic hydroxyl groups is 1. The van der Waals surface area contributed by atoms with Crippen molar-refractivity contribution in [2.24, 2.45) is 5.92 Å². The van der Waals surface area contributed by atoms with Crippen molar-refractivity contribution in [1.29, 1.82) is 0 Å². The molecule has 2 aliphatic rings. The van der Waals surface area contributed by atoms with E-state index in [1.807, 2.05) is 0 Å². The molecule has 14 heteroatoms. The van der Waals surface area contributed by atoms with Crippen molar-refractivity contribution in [2.75, 3.05) is 23.9 Å². The summed E-state index contributed by atoms with van der Waals surface area (Å²) in [5.74, 6) is -3.34. The zero-order valence-electron chi connectivity index (χ0n) is 24.4. The van der Waals surface area contributed by atoms with Crippen molar-refractivity contribution < 1.29 is 33.8 Å². The third-order valence-corrected chi connectivity index (χ3v) is 10.8. The van der Waals surface area contributed by atoms with E-state index in [1.54, 1.807) is 55.5 Å². The van der Waals surface area contributed by atoms with E-state index in [4.69, 9.17) is 9.47 Å². The average Bonchev–Trinajstić information content (AvgIpc) is 3.48. The van der Waals surface area contributed by atoms with Crippen LogP contribution in [-0.4, -0.2) is 52.3 Å². The van der Waals surface area contributed by atoms with E-state index in [-0.39, 0.29) is 24.7 Å². The number of thioether (sulfide) groups is 1. The van der Waals surface area contributed by atoms with Gasteiger partial charge in [-0.15, -0.1) is 0 Å². The minimum Gasteiger partial charge on any atom is -0.504 e. The lowest BCUT2D eigenvalue weighted by molar-refractivity contribution is -0.122. The molecule has 0 saturated carbocycles. The van der Waals surface area contributed by atoms with Crippen molar-refractivity contribution in [1.82, 2.24) is 4.57 Å². The van der Waals surface area contributed by atoms with Crippen LogP contribution in [0.1, 0.15) is 33.6 Å². The molecule has 6 rings (SSSR count). The van der Waals surface area contributed by atoms with Gasteiger partial charge in [0.25, 0.3) is 0 Å². The number of rotatable bonds is 8. The fourth-order valence-electron chi connectivity index (χ4n) is 5.59. The molecule has 236 valence electrons. The van der Waals surface area contributed by atoms with E-state index in [9.17, 15) is 29.1 Å². The first-order valence-corrected chi connectivity index (χ1v) is 16.6. The molecule has 3 atom stereocenters. The second-order valence-electron chi connectivity index (χ2n) is 10.4. The molecule has 3 aromatic carbocycles. The largest absolute Gasteiger partial charge is 0.504 e. The fourth-order valence-corrected chi connectivity index (χ4v) is 8.63. The molecule has 3 amide bonds. The van der Waals surface area contributed by atoms with E-state index >= 15 is 0 Å². The number of nitrogens with one attached hydrogen (secondary N) is 1. The monoisotopic (exact) mass is 723 g/mol. The summed E-state index contributed by atoms with van der Waals surface area (Å²) in [4.78, 5) is 67.8. The number of imide groups is 1. The SMILES string of the molecule is CCOC(=O)c1ccc(NC(=O)Cn2c3c(sc2=O)[C@@H](c2ccc(O)c(OC)c2)C2C(=O)N(c4ccc(Br)cc4)C(=O)C2S3)cc1. The predicted molar refractivity (Wildman–Crippen MR) is 176 cm³/mol. The van der Waals surface area contributed by atoms with Crippen molar-refractivity contribution in [3.8, 4) is 11.5 Å². The van der Waals surface area contributed by atoms with E-state index in [0.29, 0.717) is 32.4 Å². The summed E-state index contributed by atoms with van der Waals surface area (Å²) >= 11 is 5.39. The quantitative estimate of drug-likeness (QED) is 0.190. The molecule has 1 aromatic heterocycles. The summed E-state index contributed by atoms with van der Waals surface area (Å²) in [5, 5.41) is 12.6. The molecule has 0 spiro atoms. The predicted octanol–water partition coefficient (Wildman–Crippen LogP) is 5.00. The molecule has 1 fully saturated rings. The van der Waals surface area contributed by atoms with Crippen molar-refractivity contribution in [3.05, 3.63) is 96.9 Å². The first kappa shape index (κ1) is 31.6. The topological polar surface area (TPSA) is 144 Å². The van der Waals surface area contributed by atoms with Crippen LogP contribution in [0.25, 0.3) is 0 Å². The Bertz CT molecular complexity index is 1920.